The van der Waals surface area contributed by atoms with Gasteiger partial charge in [0.25, 0.3) is 5.91 Å². The number of nitrogens with two attached hydrogens (primary N) is 1. The Bertz CT molecular complexity index is 558. The van der Waals surface area contributed by atoms with Crippen LogP contribution in [0, 0.1) is 6.92 Å². The third kappa shape index (κ3) is 3.21. The topological polar surface area (TPSA) is 65.2 Å². The van der Waals surface area contributed by atoms with E-state index in [1.54, 1.807) is 24.4 Å². The van der Waals surface area contributed by atoms with Crippen molar-refractivity contribution in [1.29, 1.82) is 0 Å². The number of pyridine rings is 1. The summed E-state index contributed by atoms with van der Waals surface area (Å²) in [5.41, 5.74) is 6.58. The van der Waals surface area contributed by atoms with Crippen LogP contribution in [0.2, 0.25) is 0 Å². The van der Waals surface area contributed by atoms with Crippen LogP contribution in [0.15, 0.2) is 42.6 Å². The molecule has 0 aliphatic rings. The highest BCUT2D eigenvalue weighted by molar-refractivity contribution is 5.95. The number of halogens is 1. The zero-order valence-electron chi connectivity index (χ0n) is 9.79. The average Bonchev–Trinajstić information content (AvgIpc) is 2.29. The lowest BCUT2D eigenvalue weighted by Gasteiger charge is -2.07. The maximum atomic E-state index is 11.2. The molecule has 0 spiro atoms. The molecule has 1 amide bonds. The number of aryl methyl sites for hydroxylation is 1. The van der Waals surface area contributed by atoms with Crippen LogP contribution in [0.25, 0.3) is 0 Å². The first-order valence-electron chi connectivity index (χ1n) is 5.16. The number of rotatable bonds is 3. The second-order valence-electron chi connectivity index (χ2n) is 3.64. The van der Waals surface area contributed by atoms with Crippen LogP contribution >= 0.6 is 12.4 Å². The van der Waals surface area contributed by atoms with E-state index in [9.17, 15) is 4.79 Å². The fourth-order valence-corrected chi connectivity index (χ4v) is 1.45. The minimum atomic E-state index is -0.555. The molecule has 2 N–H and O–H groups in total. The van der Waals surface area contributed by atoms with E-state index in [0.29, 0.717) is 5.75 Å². The summed E-state index contributed by atoms with van der Waals surface area (Å²) < 4.78 is 5.54. The standard InChI is InChI=1S/C13H12N2O2.ClH/c1-9-4-2-5-10(8-9)17-13-11(12(14)16)6-3-7-15-13;/h2-8H,1H3,(H2,14,16);1H. The fourth-order valence-electron chi connectivity index (χ4n) is 1.45. The van der Waals surface area contributed by atoms with Crippen molar-refractivity contribution in [2.24, 2.45) is 5.73 Å². The molecule has 0 saturated carbocycles. The van der Waals surface area contributed by atoms with Crippen molar-refractivity contribution in [3.63, 3.8) is 0 Å². The van der Waals surface area contributed by atoms with E-state index < -0.39 is 5.91 Å². The number of aromatic nitrogens is 1. The number of hydrogen-bond acceptors (Lipinski definition) is 3. The van der Waals surface area contributed by atoms with Crippen molar-refractivity contribution in [3.8, 4) is 11.6 Å². The Morgan fingerprint density at radius 3 is 2.72 bits per heavy atom. The summed E-state index contributed by atoms with van der Waals surface area (Å²) in [6.45, 7) is 1.96. The Morgan fingerprint density at radius 2 is 2.06 bits per heavy atom. The van der Waals surface area contributed by atoms with Gasteiger partial charge in [-0.05, 0) is 36.8 Å². The minimum Gasteiger partial charge on any atom is -0.438 e. The normalized spacial score (nSPS) is 9.39. The van der Waals surface area contributed by atoms with Gasteiger partial charge in [-0.15, -0.1) is 12.4 Å². The molecule has 4 nitrogen and oxygen atoms in total. The Morgan fingerprint density at radius 1 is 1.28 bits per heavy atom. The van der Waals surface area contributed by atoms with Crippen LogP contribution in [0.5, 0.6) is 11.6 Å². The second-order valence-corrected chi connectivity index (χ2v) is 3.64. The molecule has 1 aromatic carbocycles. The molecule has 0 unspecified atom stereocenters. The predicted octanol–water partition coefficient (Wildman–Crippen LogP) is 2.70. The van der Waals surface area contributed by atoms with Crippen LogP contribution in [0.3, 0.4) is 0 Å². The zero-order valence-corrected chi connectivity index (χ0v) is 10.6. The Balaban J connectivity index is 0.00000162. The number of carbonyl (C=O) groups is 1. The third-order valence-corrected chi connectivity index (χ3v) is 2.24. The molecule has 18 heavy (non-hydrogen) atoms. The molecule has 2 aromatic rings. The van der Waals surface area contributed by atoms with Crippen LogP contribution in [0.1, 0.15) is 15.9 Å². The van der Waals surface area contributed by atoms with Crippen molar-refractivity contribution in [1.82, 2.24) is 4.98 Å². The van der Waals surface area contributed by atoms with Gasteiger partial charge in [-0.2, -0.15) is 0 Å². The number of hydrogen-bond donors (Lipinski definition) is 1. The number of carbonyl (C=O) groups excluding carboxylic acids is 1. The molecule has 0 atom stereocenters. The van der Waals surface area contributed by atoms with Crippen LogP contribution in [-0.4, -0.2) is 10.9 Å². The molecule has 5 heteroatoms. The molecular weight excluding hydrogens is 252 g/mol. The van der Waals surface area contributed by atoms with Gasteiger partial charge in [-0.25, -0.2) is 4.98 Å². The summed E-state index contributed by atoms with van der Waals surface area (Å²) in [5, 5.41) is 0. The van der Waals surface area contributed by atoms with Gasteiger partial charge in [0, 0.05) is 6.20 Å². The van der Waals surface area contributed by atoms with E-state index in [1.165, 1.54) is 0 Å². The fraction of sp³-hybridized carbons (Fsp3) is 0.0769. The van der Waals surface area contributed by atoms with E-state index >= 15 is 0 Å². The largest absolute Gasteiger partial charge is 0.438 e. The van der Waals surface area contributed by atoms with Gasteiger partial charge in [0.05, 0.1) is 0 Å². The highest BCUT2D eigenvalue weighted by Crippen LogP contribution is 2.23. The second kappa shape index (κ2) is 6.02. The lowest BCUT2D eigenvalue weighted by molar-refractivity contribution is 0.0997. The molecule has 0 bridgehead atoms. The summed E-state index contributed by atoms with van der Waals surface area (Å²) in [7, 11) is 0. The van der Waals surface area contributed by atoms with Crippen molar-refractivity contribution in [2.75, 3.05) is 0 Å². The first-order valence-corrected chi connectivity index (χ1v) is 5.16. The summed E-state index contributed by atoms with van der Waals surface area (Å²) >= 11 is 0. The molecular formula is C13H13ClN2O2. The monoisotopic (exact) mass is 264 g/mol. The number of benzene rings is 1. The van der Waals surface area contributed by atoms with Crippen molar-refractivity contribution < 1.29 is 9.53 Å². The summed E-state index contributed by atoms with van der Waals surface area (Å²) in [5.74, 6) is 0.303. The van der Waals surface area contributed by atoms with Crippen molar-refractivity contribution in [2.45, 2.75) is 6.92 Å². The summed E-state index contributed by atoms with van der Waals surface area (Å²) in [4.78, 5) is 15.2. The van der Waals surface area contributed by atoms with Crippen LogP contribution in [-0.2, 0) is 0 Å². The van der Waals surface area contributed by atoms with Crippen molar-refractivity contribution >= 4 is 18.3 Å². The quantitative estimate of drug-likeness (QED) is 0.927. The molecule has 0 radical (unpaired) electrons. The summed E-state index contributed by atoms with van der Waals surface area (Å²) in [6.07, 6.45) is 1.55. The number of amides is 1. The van der Waals surface area contributed by atoms with Gasteiger partial charge in [0.2, 0.25) is 5.88 Å². The molecule has 0 aliphatic carbocycles. The van der Waals surface area contributed by atoms with E-state index in [2.05, 4.69) is 4.98 Å². The van der Waals surface area contributed by atoms with Gasteiger partial charge < -0.3 is 10.5 Å². The molecule has 0 aliphatic heterocycles. The molecule has 0 fully saturated rings. The van der Waals surface area contributed by atoms with Crippen LogP contribution in [0.4, 0.5) is 0 Å². The number of ether oxygens (including phenoxy) is 1. The number of primary amides is 1. The van der Waals surface area contributed by atoms with Crippen molar-refractivity contribution in [3.05, 3.63) is 53.7 Å². The van der Waals surface area contributed by atoms with E-state index in [1.807, 2.05) is 25.1 Å². The Hall–Kier alpha value is -2.07. The van der Waals surface area contributed by atoms with E-state index in [4.69, 9.17) is 10.5 Å². The molecule has 2 rings (SSSR count). The van der Waals surface area contributed by atoms with Gasteiger partial charge in [-0.3, -0.25) is 4.79 Å². The molecule has 1 heterocycles. The van der Waals surface area contributed by atoms with E-state index in [-0.39, 0.29) is 23.9 Å². The average molecular weight is 265 g/mol. The van der Waals surface area contributed by atoms with Crippen LogP contribution < -0.4 is 10.5 Å². The first-order chi connectivity index (χ1) is 8.16. The highest BCUT2D eigenvalue weighted by Gasteiger charge is 2.10. The maximum Gasteiger partial charge on any atom is 0.254 e. The Kier molecular flexibility index (Phi) is 4.68. The highest BCUT2D eigenvalue weighted by atomic mass is 35.5. The van der Waals surface area contributed by atoms with Gasteiger partial charge in [0.15, 0.2) is 0 Å². The summed E-state index contributed by atoms with van der Waals surface area (Å²) in [6, 6.07) is 10.7. The molecule has 94 valence electrons. The van der Waals surface area contributed by atoms with Gasteiger partial charge in [0.1, 0.15) is 11.3 Å². The van der Waals surface area contributed by atoms with Gasteiger partial charge in [-0.1, -0.05) is 12.1 Å². The smallest absolute Gasteiger partial charge is 0.254 e. The van der Waals surface area contributed by atoms with E-state index in [0.717, 1.165) is 5.56 Å². The minimum absolute atomic E-state index is 0. The zero-order chi connectivity index (χ0) is 12.3. The lowest BCUT2D eigenvalue weighted by Crippen LogP contribution is -2.12. The lowest BCUT2D eigenvalue weighted by atomic mass is 10.2. The first kappa shape index (κ1) is 14.0. The maximum absolute atomic E-state index is 11.2. The SMILES string of the molecule is Cc1cccc(Oc2ncccc2C(N)=O)c1.Cl. The molecule has 0 saturated heterocycles. The third-order valence-electron chi connectivity index (χ3n) is 2.24. The predicted molar refractivity (Wildman–Crippen MR) is 71.3 cm³/mol. The number of nitrogens with zero attached hydrogens (tertiary/aromatic N) is 1. The van der Waals surface area contributed by atoms with Gasteiger partial charge >= 0.3 is 0 Å². The Labute approximate surface area is 111 Å². The molecule has 1 aromatic heterocycles.